The van der Waals surface area contributed by atoms with Crippen LogP contribution >= 0.6 is 22.9 Å². The number of rotatable bonds is 2. The van der Waals surface area contributed by atoms with Gasteiger partial charge in [-0.25, -0.2) is 18.2 Å². The van der Waals surface area contributed by atoms with Crippen molar-refractivity contribution in [3.8, 4) is 0 Å². The molecule has 0 aliphatic carbocycles. The number of piperazine rings is 1. The number of hydrogen-bond donors (Lipinski definition) is 1. The zero-order valence-corrected chi connectivity index (χ0v) is 12.1. The van der Waals surface area contributed by atoms with Gasteiger partial charge in [-0.2, -0.15) is 4.31 Å². The standard InChI is InChI=1S/C9H11ClN4O3S2/c10-8-11-4-7(18-8)19(16,17)13-1-2-14-6(5-13)3-12-9(14)15/h4,6H,1-3,5H2,(H,12,15). The molecule has 10 heteroatoms. The van der Waals surface area contributed by atoms with Gasteiger partial charge in [0.25, 0.3) is 10.0 Å². The molecule has 2 fully saturated rings. The summed E-state index contributed by atoms with van der Waals surface area (Å²) in [6.07, 6.45) is 1.27. The predicted molar refractivity (Wildman–Crippen MR) is 69.8 cm³/mol. The summed E-state index contributed by atoms with van der Waals surface area (Å²) in [5.41, 5.74) is 0. The van der Waals surface area contributed by atoms with Crippen molar-refractivity contribution in [3.63, 3.8) is 0 Å². The van der Waals surface area contributed by atoms with E-state index in [0.29, 0.717) is 26.2 Å². The van der Waals surface area contributed by atoms with E-state index in [4.69, 9.17) is 11.6 Å². The van der Waals surface area contributed by atoms with Crippen LogP contribution in [-0.4, -0.2) is 60.9 Å². The third-order valence-electron chi connectivity index (χ3n) is 3.25. The summed E-state index contributed by atoms with van der Waals surface area (Å²) in [6.45, 7) is 1.48. The van der Waals surface area contributed by atoms with Gasteiger partial charge in [-0.1, -0.05) is 22.9 Å². The molecule has 0 radical (unpaired) electrons. The molecule has 0 spiro atoms. The van der Waals surface area contributed by atoms with Crippen molar-refractivity contribution in [2.24, 2.45) is 0 Å². The third kappa shape index (κ3) is 2.20. The van der Waals surface area contributed by atoms with Crippen LogP contribution in [0.4, 0.5) is 4.79 Å². The predicted octanol–water partition coefficient (Wildman–Crippen LogP) is 0.195. The van der Waals surface area contributed by atoms with Gasteiger partial charge in [0.15, 0.2) is 8.68 Å². The number of hydrogen-bond acceptors (Lipinski definition) is 5. The highest BCUT2D eigenvalue weighted by Gasteiger charge is 2.40. The SMILES string of the molecule is O=C1NCC2CN(S(=O)(=O)c3cnc(Cl)s3)CCN12. The van der Waals surface area contributed by atoms with Crippen LogP contribution in [-0.2, 0) is 10.0 Å². The van der Waals surface area contributed by atoms with E-state index in [1.807, 2.05) is 0 Å². The number of urea groups is 1. The van der Waals surface area contributed by atoms with Crippen molar-refractivity contribution in [2.45, 2.75) is 10.3 Å². The van der Waals surface area contributed by atoms with Crippen molar-refractivity contribution in [3.05, 3.63) is 10.7 Å². The maximum absolute atomic E-state index is 12.4. The number of carbonyl (C=O) groups excluding carboxylic acids is 1. The Hall–Kier alpha value is -0.900. The Bertz CT molecular complexity index is 617. The lowest BCUT2D eigenvalue weighted by molar-refractivity contribution is 0.164. The van der Waals surface area contributed by atoms with Gasteiger partial charge in [0.2, 0.25) is 0 Å². The molecule has 0 saturated carbocycles. The van der Waals surface area contributed by atoms with E-state index in [2.05, 4.69) is 10.3 Å². The zero-order valence-electron chi connectivity index (χ0n) is 9.74. The summed E-state index contributed by atoms with van der Waals surface area (Å²) in [5.74, 6) is 0. The van der Waals surface area contributed by atoms with Crippen molar-refractivity contribution in [1.82, 2.24) is 19.5 Å². The lowest BCUT2D eigenvalue weighted by Gasteiger charge is -2.35. The number of sulfonamides is 1. The maximum atomic E-state index is 12.4. The average Bonchev–Trinajstić information content (AvgIpc) is 2.96. The lowest BCUT2D eigenvalue weighted by Crippen LogP contribution is -2.53. The fourth-order valence-electron chi connectivity index (χ4n) is 2.28. The van der Waals surface area contributed by atoms with Crippen molar-refractivity contribution < 1.29 is 13.2 Å². The number of fused-ring (bicyclic) bond motifs is 1. The first-order valence-corrected chi connectivity index (χ1v) is 8.28. The Morgan fingerprint density at radius 3 is 2.95 bits per heavy atom. The van der Waals surface area contributed by atoms with Crippen LogP contribution in [0.3, 0.4) is 0 Å². The minimum atomic E-state index is -3.56. The van der Waals surface area contributed by atoms with E-state index < -0.39 is 10.0 Å². The van der Waals surface area contributed by atoms with Gasteiger partial charge in [0, 0.05) is 26.2 Å². The first-order chi connectivity index (χ1) is 8.98. The minimum absolute atomic E-state index is 0.0978. The molecule has 104 valence electrons. The van der Waals surface area contributed by atoms with E-state index in [1.54, 1.807) is 4.90 Å². The first kappa shape index (κ1) is 13.1. The maximum Gasteiger partial charge on any atom is 0.317 e. The van der Waals surface area contributed by atoms with Gasteiger partial charge in [-0.3, -0.25) is 0 Å². The molecule has 2 amide bonds. The minimum Gasteiger partial charge on any atom is -0.336 e. The quantitative estimate of drug-likeness (QED) is 0.843. The van der Waals surface area contributed by atoms with E-state index in [1.165, 1.54) is 10.5 Å². The molecule has 0 aromatic carbocycles. The molecular formula is C9H11ClN4O3S2. The van der Waals surface area contributed by atoms with Gasteiger partial charge >= 0.3 is 6.03 Å². The highest BCUT2D eigenvalue weighted by Crippen LogP contribution is 2.27. The average molecular weight is 323 g/mol. The summed E-state index contributed by atoms with van der Waals surface area (Å²) in [5, 5.41) is 2.71. The molecule has 2 aliphatic rings. The van der Waals surface area contributed by atoms with E-state index in [-0.39, 0.29) is 20.7 Å². The van der Waals surface area contributed by atoms with Gasteiger partial charge in [-0.05, 0) is 0 Å². The molecule has 3 heterocycles. The smallest absolute Gasteiger partial charge is 0.317 e. The summed E-state index contributed by atoms with van der Waals surface area (Å²) in [4.78, 5) is 16.9. The molecule has 2 saturated heterocycles. The highest BCUT2D eigenvalue weighted by molar-refractivity contribution is 7.91. The molecule has 1 atom stereocenters. The number of halogens is 1. The Morgan fingerprint density at radius 1 is 1.47 bits per heavy atom. The molecular weight excluding hydrogens is 312 g/mol. The lowest BCUT2D eigenvalue weighted by atomic mass is 10.2. The van der Waals surface area contributed by atoms with E-state index in [0.717, 1.165) is 11.3 Å². The van der Waals surface area contributed by atoms with Crippen LogP contribution < -0.4 is 5.32 Å². The molecule has 7 nitrogen and oxygen atoms in total. The summed E-state index contributed by atoms with van der Waals surface area (Å²) >= 11 is 6.62. The fourth-order valence-corrected chi connectivity index (χ4v) is 5.20. The summed E-state index contributed by atoms with van der Waals surface area (Å²) in [7, 11) is -3.56. The number of amides is 2. The normalized spacial score (nSPS) is 24.4. The number of aromatic nitrogens is 1. The second-order valence-electron chi connectivity index (χ2n) is 4.33. The van der Waals surface area contributed by atoms with Crippen LogP contribution in [0.15, 0.2) is 10.4 Å². The fraction of sp³-hybridized carbons (Fsp3) is 0.556. The molecule has 1 aromatic rings. The molecule has 0 bridgehead atoms. The van der Waals surface area contributed by atoms with Gasteiger partial charge < -0.3 is 10.2 Å². The largest absolute Gasteiger partial charge is 0.336 e. The zero-order chi connectivity index (χ0) is 13.6. The molecule has 2 aliphatic heterocycles. The number of nitrogens with one attached hydrogen (secondary N) is 1. The second kappa shape index (κ2) is 4.58. The van der Waals surface area contributed by atoms with E-state index in [9.17, 15) is 13.2 Å². The van der Waals surface area contributed by atoms with Gasteiger partial charge in [0.05, 0.1) is 12.2 Å². The Balaban J connectivity index is 1.82. The molecule has 1 aromatic heterocycles. The number of thiazole rings is 1. The summed E-state index contributed by atoms with van der Waals surface area (Å²) < 4.78 is 26.5. The third-order valence-corrected chi connectivity index (χ3v) is 6.66. The van der Waals surface area contributed by atoms with Crippen LogP contribution in [0.1, 0.15) is 0 Å². The van der Waals surface area contributed by atoms with Crippen LogP contribution in [0.2, 0.25) is 4.47 Å². The highest BCUT2D eigenvalue weighted by atomic mass is 35.5. The molecule has 1 N–H and O–H groups in total. The number of nitrogens with zero attached hydrogens (tertiary/aromatic N) is 3. The van der Waals surface area contributed by atoms with Crippen molar-refractivity contribution in [1.29, 1.82) is 0 Å². The monoisotopic (exact) mass is 322 g/mol. The van der Waals surface area contributed by atoms with Crippen molar-refractivity contribution >= 4 is 39.0 Å². The van der Waals surface area contributed by atoms with Gasteiger partial charge in [0.1, 0.15) is 0 Å². The molecule has 3 rings (SSSR count). The Kier molecular flexibility index (Phi) is 3.16. The summed E-state index contributed by atoms with van der Waals surface area (Å²) in [6, 6.07) is -0.220. The van der Waals surface area contributed by atoms with Crippen LogP contribution in [0.5, 0.6) is 0 Å². The Morgan fingerprint density at radius 2 is 2.26 bits per heavy atom. The van der Waals surface area contributed by atoms with Gasteiger partial charge in [-0.15, -0.1) is 0 Å². The molecule has 19 heavy (non-hydrogen) atoms. The van der Waals surface area contributed by atoms with Crippen LogP contribution in [0, 0.1) is 0 Å². The first-order valence-electron chi connectivity index (χ1n) is 5.64. The second-order valence-corrected chi connectivity index (χ2v) is 8.11. The Labute approximate surface area is 119 Å². The topological polar surface area (TPSA) is 82.6 Å². The number of carbonyl (C=O) groups is 1. The van der Waals surface area contributed by atoms with Crippen molar-refractivity contribution in [2.75, 3.05) is 26.2 Å². The van der Waals surface area contributed by atoms with Crippen LogP contribution in [0.25, 0.3) is 0 Å². The van der Waals surface area contributed by atoms with E-state index >= 15 is 0 Å². The molecule has 1 unspecified atom stereocenters.